The van der Waals surface area contributed by atoms with Crippen molar-refractivity contribution in [3.8, 4) is 5.69 Å². The molecule has 1 fully saturated rings. The molecule has 0 radical (unpaired) electrons. The van der Waals surface area contributed by atoms with Crippen LogP contribution in [0.15, 0.2) is 53.8 Å². The standard InChI is InChI=1S/C23H19F4N5O3/c1-13(33)14-6-17(23(25,26)27)18-9-31(21(34)32(18)8-14)16-5-3-4-15(7-16)22(10-35-11-22)19(24)20-29-28-12-30(20)2/h3-9,12,19H,10-11H2,1-2H3. The van der Waals surface area contributed by atoms with Crippen molar-refractivity contribution in [1.82, 2.24) is 23.7 Å². The molecular formula is C23H19F4N5O3. The number of pyridine rings is 1. The van der Waals surface area contributed by atoms with Gasteiger partial charge in [0.05, 0.1) is 35.4 Å². The highest BCUT2D eigenvalue weighted by Gasteiger charge is 2.50. The van der Waals surface area contributed by atoms with Crippen molar-refractivity contribution < 1.29 is 27.1 Å². The molecule has 12 heteroatoms. The second kappa shape index (κ2) is 7.87. The van der Waals surface area contributed by atoms with Crippen molar-refractivity contribution in [2.75, 3.05) is 13.2 Å². The van der Waals surface area contributed by atoms with Crippen LogP contribution >= 0.6 is 0 Å². The summed E-state index contributed by atoms with van der Waals surface area (Å²) in [5.74, 6) is -0.499. The number of carbonyl (C=O) groups excluding carboxylic acids is 1. The summed E-state index contributed by atoms with van der Waals surface area (Å²) in [6.45, 7) is 1.23. The molecule has 0 bridgehead atoms. The number of fused-ring (bicyclic) bond motifs is 1. The van der Waals surface area contributed by atoms with Gasteiger partial charge in [-0.05, 0) is 30.7 Å². The second-order valence-corrected chi connectivity index (χ2v) is 8.60. The average molecular weight is 489 g/mol. The number of hydrogen-bond acceptors (Lipinski definition) is 5. The number of aromatic nitrogens is 5. The molecule has 1 saturated heterocycles. The van der Waals surface area contributed by atoms with Crippen molar-refractivity contribution in [3.63, 3.8) is 0 Å². The van der Waals surface area contributed by atoms with E-state index < -0.39 is 40.3 Å². The lowest BCUT2D eigenvalue weighted by molar-refractivity contribution is -0.136. The molecule has 5 rings (SSSR count). The number of Topliss-reactive ketones (excluding diaryl/α,β-unsaturated/α-hetero) is 1. The molecule has 0 spiro atoms. The minimum Gasteiger partial charge on any atom is -0.379 e. The first kappa shape index (κ1) is 23.0. The van der Waals surface area contributed by atoms with Gasteiger partial charge in [-0.25, -0.2) is 9.18 Å². The van der Waals surface area contributed by atoms with E-state index in [4.69, 9.17) is 4.74 Å². The van der Waals surface area contributed by atoms with Crippen LogP contribution < -0.4 is 5.69 Å². The van der Waals surface area contributed by atoms with Crippen molar-refractivity contribution >= 4 is 11.3 Å². The summed E-state index contributed by atoms with van der Waals surface area (Å²) in [5, 5.41) is 7.58. The minimum absolute atomic E-state index is 0.0529. The third-order valence-corrected chi connectivity index (χ3v) is 6.36. The molecule has 4 heterocycles. The predicted molar refractivity (Wildman–Crippen MR) is 115 cm³/mol. The average Bonchev–Trinajstić information content (AvgIpc) is 3.35. The van der Waals surface area contributed by atoms with Crippen LogP contribution in [-0.2, 0) is 23.4 Å². The molecule has 3 aromatic heterocycles. The zero-order valence-corrected chi connectivity index (χ0v) is 18.6. The van der Waals surface area contributed by atoms with Gasteiger partial charge in [0.25, 0.3) is 0 Å². The molecule has 0 amide bonds. The lowest BCUT2D eigenvalue weighted by Gasteiger charge is -2.43. The number of carbonyl (C=O) groups is 1. The molecule has 182 valence electrons. The highest BCUT2D eigenvalue weighted by atomic mass is 19.4. The zero-order chi connectivity index (χ0) is 25.1. The maximum absolute atomic E-state index is 15.7. The molecule has 8 nitrogen and oxygen atoms in total. The van der Waals surface area contributed by atoms with Gasteiger partial charge in [-0.1, -0.05) is 12.1 Å². The lowest BCUT2D eigenvalue weighted by atomic mass is 9.74. The SMILES string of the molecule is CC(=O)c1cc(C(F)(F)F)c2cn(-c3cccc(C4(C(F)c5nncn5C)COC4)c3)c(=O)n2c1. The number of benzene rings is 1. The third-order valence-electron chi connectivity index (χ3n) is 6.36. The molecule has 1 aliphatic heterocycles. The Labute approximate surface area is 195 Å². The third kappa shape index (κ3) is 3.55. The van der Waals surface area contributed by atoms with E-state index in [0.717, 1.165) is 34.4 Å². The van der Waals surface area contributed by atoms with Gasteiger partial charge in [-0.15, -0.1) is 10.2 Å². The smallest absolute Gasteiger partial charge is 0.379 e. The van der Waals surface area contributed by atoms with E-state index >= 15 is 4.39 Å². The molecule has 0 aliphatic carbocycles. The number of aryl methyl sites for hydroxylation is 1. The molecule has 4 aromatic rings. The fourth-order valence-corrected chi connectivity index (χ4v) is 4.31. The van der Waals surface area contributed by atoms with Crippen LogP contribution in [0.3, 0.4) is 0 Å². The van der Waals surface area contributed by atoms with E-state index in [2.05, 4.69) is 10.2 Å². The molecule has 1 unspecified atom stereocenters. The Morgan fingerprint density at radius 1 is 1.20 bits per heavy atom. The Morgan fingerprint density at radius 3 is 2.51 bits per heavy atom. The quantitative estimate of drug-likeness (QED) is 0.317. The second-order valence-electron chi connectivity index (χ2n) is 8.60. The van der Waals surface area contributed by atoms with E-state index in [0.29, 0.717) is 5.56 Å². The fraction of sp³-hybridized carbons (Fsp3) is 0.304. The summed E-state index contributed by atoms with van der Waals surface area (Å²) in [6, 6.07) is 7.07. The number of imidazole rings is 1. The molecule has 1 aromatic carbocycles. The van der Waals surface area contributed by atoms with Gasteiger partial charge in [0.1, 0.15) is 6.33 Å². The number of rotatable bonds is 5. The minimum atomic E-state index is -4.79. The first-order valence-corrected chi connectivity index (χ1v) is 10.6. The molecule has 35 heavy (non-hydrogen) atoms. The first-order valence-electron chi connectivity index (χ1n) is 10.6. The summed E-state index contributed by atoms with van der Waals surface area (Å²) >= 11 is 0. The maximum atomic E-state index is 15.7. The van der Waals surface area contributed by atoms with Gasteiger partial charge in [0.2, 0.25) is 0 Å². The van der Waals surface area contributed by atoms with Crippen LogP contribution in [0, 0.1) is 0 Å². The Balaban J connectivity index is 1.66. The largest absolute Gasteiger partial charge is 0.418 e. The Hall–Kier alpha value is -3.80. The van der Waals surface area contributed by atoms with Crippen LogP contribution in [0.5, 0.6) is 0 Å². The molecule has 1 atom stereocenters. The number of nitrogens with zero attached hydrogens (tertiary/aromatic N) is 5. The van der Waals surface area contributed by atoms with E-state index in [1.54, 1.807) is 25.2 Å². The van der Waals surface area contributed by atoms with Crippen molar-refractivity contribution in [2.45, 2.75) is 24.7 Å². The molecule has 0 N–H and O–H groups in total. The summed E-state index contributed by atoms with van der Waals surface area (Å²) in [6.07, 6.45) is -2.83. The van der Waals surface area contributed by atoms with Gasteiger partial charge in [-0.2, -0.15) is 13.2 Å². The molecular weight excluding hydrogens is 470 g/mol. The van der Waals surface area contributed by atoms with Crippen molar-refractivity contribution in [1.29, 1.82) is 0 Å². The number of ketones is 1. The Morgan fingerprint density at radius 2 is 1.94 bits per heavy atom. The number of ether oxygens (including phenoxy) is 1. The number of hydrogen-bond donors (Lipinski definition) is 0. The summed E-state index contributed by atoms with van der Waals surface area (Å²) in [7, 11) is 1.62. The number of halogens is 4. The predicted octanol–water partition coefficient (Wildman–Crippen LogP) is 3.42. The summed E-state index contributed by atoms with van der Waals surface area (Å²) in [4.78, 5) is 24.9. The molecule has 1 aliphatic rings. The van der Waals surface area contributed by atoms with Crippen LogP contribution in [0.4, 0.5) is 17.6 Å². The van der Waals surface area contributed by atoms with Crippen LogP contribution in [0.1, 0.15) is 40.4 Å². The van der Waals surface area contributed by atoms with Crippen LogP contribution in [0.25, 0.3) is 11.2 Å². The van der Waals surface area contributed by atoms with Gasteiger partial charge in [-0.3, -0.25) is 13.8 Å². The number of alkyl halides is 4. The van der Waals surface area contributed by atoms with E-state index in [1.165, 1.54) is 17.0 Å². The van der Waals surface area contributed by atoms with Gasteiger partial charge < -0.3 is 9.30 Å². The zero-order valence-electron chi connectivity index (χ0n) is 18.6. The highest BCUT2D eigenvalue weighted by Crippen LogP contribution is 2.45. The Bertz CT molecular complexity index is 1510. The van der Waals surface area contributed by atoms with E-state index in [-0.39, 0.29) is 30.3 Å². The monoisotopic (exact) mass is 489 g/mol. The van der Waals surface area contributed by atoms with Crippen LogP contribution in [0.2, 0.25) is 0 Å². The topological polar surface area (TPSA) is 83.4 Å². The van der Waals surface area contributed by atoms with Crippen molar-refractivity contribution in [2.24, 2.45) is 7.05 Å². The van der Waals surface area contributed by atoms with Crippen molar-refractivity contribution in [3.05, 3.63) is 82.1 Å². The lowest BCUT2D eigenvalue weighted by Crippen LogP contribution is -2.50. The van der Waals surface area contributed by atoms with Crippen LogP contribution in [-0.4, -0.2) is 42.7 Å². The molecule has 0 saturated carbocycles. The Kier molecular flexibility index (Phi) is 5.16. The maximum Gasteiger partial charge on any atom is 0.418 e. The first-order chi connectivity index (χ1) is 16.5. The highest BCUT2D eigenvalue weighted by molar-refractivity contribution is 5.94. The van der Waals surface area contributed by atoms with E-state index in [1.807, 2.05) is 0 Å². The summed E-state index contributed by atoms with van der Waals surface area (Å²) < 4.78 is 65.5. The van der Waals surface area contributed by atoms with Gasteiger partial charge >= 0.3 is 11.9 Å². The summed E-state index contributed by atoms with van der Waals surface area (Å²) in [5.41, 5.74) is -2.90. The van der Waals surface area contributed by atoms with E-state index in [9.17, 15) is 22.8 Å². The van der Waals surface area contributed by atoms with Gasteiger partial charge in [0, 0.05) is 25.0 Å². The normalized spacial score (nSPS) is 16.3. The van der Waals surface area contributed by atoms with Gasteiger partial charge in [0.15, 0.2) is 17.8 Å². The fourth-order valence-electron chi connectivity index (χ4n) is 4.31.